The topological polar surface area (TPSA) is 52.8 Å². The Morgan fingerprint density at radius 3 is 2.67 bits per heavy atom. The minimum Gasteiger partial charge on any atom is -0.469 e. The van der Waals surface area contributed by atoms with E-state index in [1.807, 2.05) is 12.1 Å². The lowest BCUT2D eigenvalue weighted by molar-refractivity contribution is 0.198. The van der Waals surface area contributed by atoms with E-state index in [2.05, 4.69) is 27.4 Å². The standard InChI is InChI=1S/C22H30F2N4O.HI/c1-2-10-25-22(26-11-7-19-4-3-14-29-19)27-18-8-12-28(13-9-18)16-17-5-6-20(23)21(24)15-17;/h3-6,14-15,18H,2,7-13,16H2,1H3,(H2,25,26,27);1H. The Balaban J connectivity index is 0.00000320. The van der Waals surface area contributed by atoms with Gasteiger partial charge in [-0.3, -0.25) is 9.89 Å². The van der Waals surface area contributed by atoms with Crippen LogP contribution in [0.4, 0.5) is 8.78 Å². The van der Waals surface area contributed by atoms with Gasteiger partial charge in [0.15, 0.2) is 17.6 Å². The third kappa shape index (κ3) is 7.86. The number of guanidine groups is 1. The van der Waals surface area contributed by atoms with E-state index in [9.17, 15) is 8.78 Å². The highest BCUT2D eigenvalue weighted by molar-refractivity contribution is 14.0. The fourth-order valence-electron chi connectivity index (χ4n) is 3.46. The van der Waals surface area contributed by atoms with Crippen molar-refractivity contribution >= 4 is 29.9 Å². The summed E-state index contributed by atoms with van der Waals surface area (Å²) in [5.41, 5.74) is 0.806. The van der Waals surface area contributed by atoms with E-state index in [0.29, 0.717) is 12.6 Å². The van der Waals surface area contributed by atoms with Crippen molar-refractivity contribution in [1.82, 2.24) is 15.5 Å². The Hall–Kier alpha value is -1.68. The Morgan fingerprint density at radius 1 is 1.20 bits per heavy atom. The molecule has 8 heteroatoms. The number of hydrogen-bond acceptors (Lipinski definition) is 3. The van der Waals surface area contributed by atoms with Gasteiger partial charge < -0.3 is 15.1 Å². The zero-order valence-electron chi connectivity index (χ0n) is 17.4. The highest BCUT2D eigenvalue weighted by Crippen LogP contribution is 2.16. The fraction of sp³-hybridized carbons (Fsp3) is 0.500. The van der Waals surface area contributed by atoms with Gasteiger partial charge in [0.2, 0.25) is 0 Å². The molecule has 1 fully saturated rings. The predicted octanol–water partition coefficient (Wildman–Crippen LogP) is 4.33. The first-order valence-electron chi connectivity index (χ1n) is 10.4. The minimum atomic E-state index is -0.796. The van der Waals surface area contributed by atoms with Gasteiger partial charge in [0, 0.05) is 45.2 Å². The maximum Gasteiger partial charge on any atom is 0.191 e. The summed E-state index contributed by atoms with van der Waals surface area (Å²) in [4.78, 5) is 6.91. The van der Waals surface area contributed by atoms with E-state index in [0.717, 1.165) is 69.1 Å². The maximum absolute atomic E-state index is 13.4. The molecule has 1 aromatic carbocycles. The highest BCUT2D eigenvalue weighted by Gasteiger charge is 2.20. The van der Waals surface area contributed by atoms with Crippen molar-refractivity contribution in [3.8, 4) is 0 Å². The Kier molecular flexibility index (Phi) is 10.6. The van der Waals surface area contributed by atoms with Crippen LogP contribution in [0.1, 0.15) is 37.5 Å². The van der Waals surface area contributed by atoms with Crippen molar-refractivity contribution < 1.29 is 13.2 Å². The number of piperidine rings is 1. The highest BCUT2D eigenvalue weighted by atomic mass is 127. The third-order valence-corrected chi connectivity index (χ3v) is 5.06. The lowest BCUT2D eigenvalue weighted by atomic mass is 10.0. The lowest BCUT2D eigenvalue weighted by Gasteiger charge is -2.33. The first-order valence-corrected chi connectivity index (χ1v) is 10.4. The molecule has 1 aromatic heterocycles. The molecule has 0 unspecified atom stereocenters. The molecular formula is C22H31F2IN4O. The molecular weight excluding hydrogens is 501 g/mol. The average molecular weight is 532 g/mol. The molecule has 2 aromatic rings. The molecule has 0 radical (unpaired) electrons. The van der Waals surface area contributed by atoms with Gasteiger partial charge in [0.1, 0.15) is 5.76 Å². The summed E-state index contributed by atoms with van der Waals surface area (Å²) < 4.78 is 31.9. The van der Waals surface area contributed by atoms with E-state index in [-0.39, 0.29) is 24.0 Å². The molecule has 0 atom stereocenters. The Bertz CT molecular complexity index is 777. The number of nitrogens with zero attached hydrogens (tertiary/aromatic N) is 2. The first kappa shape index (κ1) is 24.6. The van der Waals surface area contributed by atoms with Crippen LogP contribution in [0.5, 0.6) is 0 Å². The summed E-state index contributed by atoms with van der Waals surface area (Å²) in [7, 11) is 0. The van der Waals surface area contributed by atoms with Gasteiger partial charge in [-0.1, -0.05) is 13.0 Å². The average Bonchev–Trinajstić information content (AvgIpc) is 3.24. The second-order valence-electron chi connectivity index (χ2n) is 7.43. The zero-order chi connectivity index (χ0) is 20.5. The summed E-state index contributed by atoms with van der Waals surface area (Å²) >= 11 is 0. The normalized spacial score (nSPS) is 15.6. The third-order valence-electron chi connectivity index (χ3n) is 5.06. The van der Waals surface area contributed by atoms with Crippen molar-refractivity contribution in [1.29, 1.82) is 0 Å². The molecule has 0 spiro atoms. The SMILES string of the molecule is CCCN=C(NCCc1ccco1)NC1CCN(Cc2ccc(F)c(F)c2)CC1.I. The second-order valence-corrected chi connectivity index (χ2v) is 7.43. The smallest absolute Gasteiger partial charge is 0.191 e. The number of rotatable bonds is 8. The predicted molar refractivity (Wildman–Crippen MR) is 126 cm³/mol. The molecule has 166 valence electrons. The second kappa shape index (κ2) is 12.9. The summed E-state index contributed by atoms with van der Waals surface area (Å²) in [6, 6.07) is 8.36. The largest absolute Gasteiger partial charge is 0.469 e. The van der Waals surface area contributed by atoms with Crippen LogP contribution in [0.3, 0.4) is 0 Å². The van der Waals surface area contributed by atoms with Crippen LogP contribution in [0, 0.1) is 11.6 Å². The number of aliphatic imine (C=N–C) groups is 1. The monoisotopic (exact) mass is 532 g/mol. The van der Waals surface area contributed by atoms with E-state index in [1.165, 1.54) is 12.1 Å². The van der Waals surface area contributed by atoms with Crippen LogP contribution in [-0.4, -0.2) is 43.1 Å². The van der Waals surface area contributed by atoms with Gasteiger partial charge in [0.25, 0.3) is 0 Å². The number of likely N-dealkylation sites (tertiary alicyclic amines) is 1. The number of furan rings is 1. The molecule has 3 rings (SSSR count). The number of benzene rings is 1. The molecule has 1 saturated heterocycles. The van der Waals surface area contributed by atoms with Crippen molar-refractivity contribution in [3.63, 3.8) is 0 Å². The van der Waals surface area contributed by atoms with Crippen LogP contribution >= 0.6 is 24.0 Å². The molecule has 30 heavy (non-hydrogen) atoms. The number of halogens is 3. The van der Waals surface area contributed by atoms with Crippen LogP contribution in [-0.2, 0) is 13.0 Å². The van der Waals surface area contributed by atoms with Gasteiger partial charge in [-0.2, -0.15) is 0 Å². The zero-order valence-corrected chi connectivity index (χ0v) is 19.7. The molecule has 0 bridgehead atoms. The molecule has 0 aliphatic carbocycles. The molecule has 0 amide bonds. The van der Waals surface area contributed by atoms with Gasteiger partial charge in [-0.25, -0.2) is 8.78 Å². The van der Waals surface area contributed by atoms with Gasteiger partial charge in [-0.15, -0.1) is 24.0 Å². The van der Waals surface area contributed by atoms with Gasteiger partial charge in [-0.05, 0) is 49.1 Å². The van der Waals surface area contributed by atoms with E-state index in [4.69, 9.17) is 4.42 Å². The summed E-state index contributed by atoms with van der Waals surface area (Å²) in [5.74, 6) is 0.224. The van der Waals surface area contributed by atoms with E-state index < -0.39 is 11.6 Å². The molecule has 2 heterocycles. The number of nitrogens with one attached hydrogen (secondary N) is 2. The van der Waals surface area contributed by atoms with E-state index >= 15 is 0 Å². The lowest BCUT2D eigenvalue weighted by Crippen LogP contribution is -2.49. The molecule has 1 aliphatic rings. The van der Waals surface area contributed by atoms with Gasteiger partial charge >= 0.3 is 0 Å². The summed E-state index contributed by atoms with van der Waals surface area (Å²) in [6.45, 7) is 6.11. The minimum absolute atomic E-state index is 0. The molecule has 1 aliphatic heterocycles. The number of hydrogen-bond donors (Lipinski definition) is 2. The van der Waals surface area contributed by atoms with Crippen molar-refractivity contribution in [2.24, 2.45) is 4.99 Å². The maximum atomic E-state index is 13.4. The van der Waals surface area contributed by atoms with Crippen LogP contribution in [0.25, 0.3) is 0 Å². The summed E-state index contributed by atoms with van der Waals surface area (Å²) in [6.07, 6.45) is 5.46. The molecule has 0 saturated carbocycles. The quantitative estimate of drug-likeness (QED) is 0.302. The molecule has 2 N–H and O–H groups in total. The summed E-state index contributed by atoms with van der Waals surface area (Å²) in [5, 5.41) is 6.93. The van der Waals surface area contributed by atoms with Crippen LogP contribution in [0.2, 0.25) is 0 Å². The first-order chi connectivity index (χ1) is 14.1. The molecule has 5 nitrogen and oxygen atoms in total. The van der Waals surface area contributed by atoms with Crippen molar-refractivity contribution in [3.05, 3.63) is 59.6 Å². The van der Waals surface area contributed by atoms with Gasteiger partial charge in [0.05, 0.1) is 6.26 Å². The fourth-order valence-corrected chi connectivity index (χ4v) is 3.46. The van der Waals surface area contributed by atoms with Crippen molar-refractivity contribution in [2.75, 3.05) is 26.2 Å². The van der Waals surface area contributed by atoms with E-state index in [1.54, 1.807) is 12.3 Å². The van der Waals surface area contributed by atoms with Crippen LogP contribution in [0.15, 0.2) is 46.0 Å². The Labute approximate surface area is 194 Å². The Morgan fingerprint density at radius 2 is 2.00 bits per heavy atom. The van der Waals surface area contributed by atoms with Crippen LogP contribution < -0.4 is 10.6 Å². The van der Waals surface area contributed by atoms with Crippen molar-refractivity contribution in [2.45, 2.75) is 45.2 Å².